The van der Waals surface area contributed by atoms with E-state index >= 15 is 0 Å². The zero-order chi connectivity index (χ0) is 24.2. The van der Waals surface area contributed by atoms with E-state index in [1.807, 2.05) is 12.2 Å². The second kappa shape index (κ2) is 10.6. The van der Waals surface area contributed by atoms with E-state index < -0.39 is 17.8 Å². The molecule has 0 aromatic heterocycles. The second-order valence-corrected chi connectivity index (χ2v) is 9.11. The SMILES string of the molecule is C[C@@H]1C[C@H]2O[C@@H]2\C=C/C=C/C(=N\OCCC2CCC[N+]2=O)Cc2c(Cl)c(O)cc(O)c2C(=O)O1. The summed E-state index contributed by atoms with van der Waals surface area (Å²) in [6.45, 7) is 2.54. The number of cyclic esters (lactones) is 1. The molecule has 0 spiro atoms. The number of ether oxygens (including phenoxy) is 2. The van der Waals surface area contributed by atoms with Crippen molar-refractivity contribution < 1.29 is 34.1 Å². The van der Waals surface area contributed by atoms with Crippen LogP contribution < -0.4 is 0 Å². The summed E-state index contributed by atoms with van der Waals surface area (Å²) >= 11 is 6.33. The zero-order valence-corrected chi connectivity index (χ0v) is 19.6. The quantitative estimate of drug-likeness (QED) is 0.216. The van der Waals surface area contributed by atoms with Crippen molar-refractivity contribution in [2.75, 3.05) is 13.2 Å². The van der Waals surface area contributed by atoms with Crippen LogP contribution in [0.5, 0.6) is 11.5 Å². The molecule has 4 atom stereocenters. The smallest absolute Gasteiger partial charge is 0.342 e. The molecule has 0 amide bonds. The number of allylic oxidation sites excluding steroid dienone is 3. The Morgan fingerprint density at radius 1 is 1.29 bits per heavy atom. The maximum atomic E-state index is 12.9. The molecular formula is C24H28ClN2O7+. The van der Waals surface area contributed by atoms with Crippen molar-refractivity contribution in [3.05, 3.63) is 51.4 Å². The summed E-state index contributed by atoms with van der Waals surface area (Å²) in [5.41, 5.74) is 0.436. The summed E-state index contributed by atoms with van der Waals surface area (Å²) < 4.78 is 12.2. The fourth-order valence-corrected chi connectivity index (χ4v) is 4.48. The van der Waals surface area contributed by atoms with Crippen LogP contribution in [0.4, 0.5) is 0 Å². The van der Waals surface area contributed by atoms with E-state index in [0.29, 0.717) is 25.1 Å². The Morgan fingerprint density at radius 3 is 2.88 bits per heavy atom. The maximum Gasteiger partial charge on any atom is 0.342 e. The van der Waals surface area contributed by atoms with E-state index in [2.05, 4.69) is 5.16 Å². The monoisotopic (exact) mass is 491 g/mol. The number of aromatic hydroxyl groups is 2. The van der Waals surface area contributed by atoms with Crippen molar-refractivity contribution in [2.45, 2.75) is 63.4 Å². The average Bonchev–Trinajstić information content (AvgIpc) is 3.38. The molecule has 10 heteroatoms. The van der Waals surface area contributed by atoms with Gasteiger partial charge in [0.2, 0.25) is 6.04 Å². The van der Waals surface area contributed by atoms with Gasteiger partial charge in [0, 0.05) is 41.4 Å². The van der Waals surface area contributed by atoms with E-state index in [-0.39, 0.29) is 53.2 Å². The molecule has 0 radical (unpaired) electrons. The lowest BCUT2D eigenvalue weighted by molar-refractivity contribution is -0.565. The molecule has 0 aliphatic carbocycles. The van der Waals surface area contributed by atoms with Crippen LogP contribution in [0.1, 0.15) is 48.5 Å². The third-order valence-corrected chi connectivity index (χ3v) is 6.55. The van der Waals surface area contributed by atoms with Crippen molar-refractivity contribution in [1.29, 1.82) is 0 Å². The largest absolute Gasteiger partial charge is 0.507 e. The lowest BCUT2D eigenvalue weighted by Gasteiger charge is -2.17. The number of nitroso groups, excluding NO2 is 1. The number of carbonyl (C=O) groups is 1. The van der Waals surface area contributed by atoms with Crippen LogP contribution >= 0.6 is 11.6 Å². The highest BCUT2D eigenvalue weighted by Gasteiger charge is 2.38. The predicted octanol–water partition coefficient (Wildman–Crippen LogP) is 3.83. The number of phenolic OH excluding ortho intramolecular Hbond substituents is 2. The molecule has 1 unspecified atom stereocenters. The third-order valence-electron chi connectivity index (χ3n) is 6.13. The summed E-state index contributed by atoms with van der Waals surface area (Å²) in [6.07, 6.45) is 9.37. The summed E-state index contributed by atoms with van der Waals surface area (Å²) in [5.74, 6) is -1.56. The Kier molecular flexibility index (Phi) is 7.53. The van der Waals surface area contributed by atoms with Crippen LogP contribution in [0.2, 0.25) is 5.02 Å². The van der Waals surface area contributed by atoms with E-state index in [9.17, 15) is 19.9 Å². The summed E-state index contributed by atoms with van der Waals surface area (Å²) in [4.78, 5) is 30.2. The standard InChI is InChI=1S/C24H27ClN2O7/c1-14-11-21-20(34-21)7-3-2-5-15(26-32-10-8-16-6-4-9-27(16)31)12-17-22(24(30)33-14)18(28)13-19(29)23(17)25/h2-3,5,7,13-14,16,20-21H,4,6,8-12H2,1H3,(H-,28,29,30)/p+1/b5-2+,7-3-,26-15+/t14-,16?,20-,21-/m1/s1. The molecule has 182 valence electrons. The van der Waals surface area contributed by atoms with E-state index in [0.717, 1.165) is 23.7 Å². The van der Waals surface area contributed by atoms with Crippen LogP contribution in [0.3, 0.4) is 0 Å². The molecule has 0 bridgehead atoms. The van der Waals surface area contributed by atoms with Crippen molar-refractivity contribution in [3.8, 4) is 11.5 Å². The van der Waals surface area contributed by atoms with Crippen LogP contribution in [0.15, 0.2) is 35.5 Å². The predicted molar refractivity (Wildman–Crippen MR) is 124 cm³/mol. The number of benzene rings is 1. The number of esters is 1. The molecule has 0 saturated carbocycles. The van der Waals surface area contributed by atoms with Crippen LogP contribution in [-0.2, 0) is 20.7 Å². The van der Waals surface area contributed by atoms with Gasteiger partial charge in [-0.05, 0) is 18.6 Å². The first kappa shape index (κ1) is 24.2. The normalized spacial score (nSPS) is 30.1. The minimum atomic E-state index is -0.757. The number of nitrogens with zero attached hydrogens (tertiary/aromatic N) is 2. The molecule has 34 heavy (non-hydrogen) atoms. The Balaban J connectivity index is 1.61. The molecule has 2 saturated heterocycles. The molecule has 3 heterocycles. The molecule has 9 nitrogen and oxygen atoms in total. The van der Waals surface area contributed by atoms with Gasteiger partial charge in [-0.25, -0.2) is 4.79 Å². The number of rotatable bonds is 4. The molecule has 3 aliphatic rings. The first-order valence-corrected chi connectivity index (χ1v) is 11.8. The number of carbonyl (C=O) groups excluding carboxylic acids is 1. The Labute approximate surface area is 202 Å². The van der Waals surface area contributed by atoms with Crippen LogP contribution in [-0.4, -0.2) is 64.2 Å². The van der Waals surface area contributed by atoms with Gasteiger partial charge in [0.05, 0.1) is 23.3 Å². The van der Waals surface area contributed by atoms with Crippen molar-refractivity contribution in [1.82, 2.24) is 0 Å². The number of oxime groups is 1. The molecule has 4 rings (SSSR count). The average molecular weight is 492 g/mol. The van der Waals surface area contributed by atoms with Crippen molar-refractivity contribution in [3.63, 3.8) is 0 Å². The number of epoxide rings is 1. The van der Waals surface area contributed by atoms with E-state index in [4.69, 9.17) is 25.9 Å². The topological polar surface area (TPSA) is 121 Å². The number of fused-ring (bicyclic) bond motifs is 2. The minimum Gasteiger partial charge on any atom is -0.507 e. The lowest BCUT2D eigenvalue weighted by Crippen LogP contribution is -2.20. The first-order valence-electron chi connectivity index (χ1n) is 11.4. The van der Waals surface area contributed by atoms with Gasteiger partial charge in [-0.15, -0.1) is 0 Å². The van der Waals surface area contributed by atoms with Gasteiger partial charge < -0.3 is 24.5 Å². The van der Waals surface area contributed by atoms with Gasteiger partial charge >= 0.3 is 5.97 Å². The lowest BCUT2D eigenvalue weighted by atomic mass is 9.99. The van der Waals surface area contributed by atoms with E-state index in [1.165, 1.54) is 0 Å². The van der Waals surface area contributed by atoms with Gasteiger partial charge in [-0.3, -0.25) is 0 Å². The molecule has 2 fully saturated rings. The summed E-state index contributed by atoms with van der Waals surface area (Å²) in [6, 6.07) is 0.938. The summed E-state index contributed by atoms with van der Waals surface area (Å²) in [5, 5.41) is 24.7. The fourth-order valence-electron chi connectivity index (χ4n) is 4.27. The Morgan fingerprint density at radius 2 is 2.12 bits per heavy atom. The Bertz CT molecular complexity index is 1050. The minimum absolute atomic E-state index is 0.0103. The highest BCUT2D eigenvalue weighted by molar-refractivity contribution is 6.33. The highest BCUT2D eigenvalue weighted by Crippen LogP contribution is 2.38. The molecule has 2 N–H and O–H groups in total. The first-order chi connectivity index (χ1) is 16.3. The van der Waals surface area contributed by atoms with Gasteiger partial charge in [-0.2, -0.15) is 0 Å². The maximum absolute atomic E-state index is 12.9. The second-order valence-electron chi connectivity index (χ2n) is 8.74. The fraction of sp³-hybridized carbons (Fsp3) is 0.500. The summed E-state index contributed by atoms with van der Waals surface area (Å²) in [7, 11) is 0. The third kappa shape index (κ3) is 5.77. The molecule has 1 aromatic carbocycles. The highest BCUT2D eigenvalue weighted by atomic mass is 35.5. The Hall–Kier alpha value is -2.91. The van der Waals surface area contributed by atoms with Gasteiger partial charge in [0.15, 0.2) is 6.54 Å². The molecular weight excluding hydrogens is 464 g/mol. The molecule has 1 aromatic rings. The van der Waals surface area contributed by atoms with Gasteiger partial charge in [0.1, 0.15) is 35.9 Å². The van der Waals surface area contributed by atoms with Crippen LogP contribution in [0, 0.1) is 4.91 Å². The molecule has 3 aliphatic heterocycles. The number of hydrogen-bond acceptors (Lipinski definition) is 8. The number of halogens is 1. The zero-order valence-electron chi connectivity index (χ0n) is 18.9. The van der Waals surface area contributed by atoms with Gasteiger partial charge in [-0.1, -0.05) is 35.0 Å². The van der Waals surface area contributed by atoms with Crippen molar-refractivity contribution >= 4 is 23.3 Å². The van der Waals surface area contributed by atoms with Crippen LogP contribution in [0.25, 0.3) is 0 Å². The number of phenols is 2. The van der Waals surface area contributed by atoms with Gasteiger partial charge in [0.25, 0.3) is 0 Å². The van der Waals surface area contributed by atoms with Crippen molar-refractivity contribution in [2.24, 2.45) is 5.16 Å². The van der Waals surface area contributed by atoms with E-state index in [1.54, 1.807) is 19.1 Å². The number of hydrogen-bond donors (Lipinski definition) is 2.